The summed E-state index contributed by atoms with van der Waals surface area (Å²) in [6.07, 6.45) is 0.703. The van der Waals surface area contributed by atoms with Gasteiger partial charge in [0.25, 0.3) is 0 Å². The molecule has 7 heteroatoms. The van der Waals surface area contributed by atoms with Gasteiger partial charge in [-0.3, -0.25) is 9.59 Å². The highest BCUT2D eigenvalue weighted by atomic mass is 35.5. The van der Waals surface area contributed by atoms with Gasteiger partial charge in [0, 0.05) is 35.6 Å². The summed E-state index contributed by atoms with van der Waals surface area (Å²) in [5.41, 5.74) is 2.56. The first-order valence-electron chi connectivity index (χ1n) is 12.3. The van der Waals surface area contributed by atoms with E-state index in [9.17, 15) is 9.59 Å². The fourth-order valence-corrected chi connectivity index (χ4v) is 5.04. The lowest BCUT2D eigenvalue weighted by Crippen LogP contribution is -2.54. The zero-order chi connectivity index (χ0) is 27.0. The summed E-state index contributed by atoms with van der Waals surface area (Å²) >= 11 is 14.0. The maximum atomic E-state index is 13.7. The van der Waals surface area contributed by atoms with Crippen molar-refractivity contribution in [1.82, 2.24) is 10.2 Å². The summed E-state index contributed by atoms with van der Waals surface area (Å²) in [6.45, 7) is 8.11. The van der Waals surface area contributed by atoms with Crippen LogP contribution in [0.4, 0.5) is 0 Å². The molecule has 2 amide bonds. The van der Waals surface area contributed by atoms with Crippen molar-refractivity contribution in [1.29, 1.82) is 0 Å². The SMILES string of the molecule is Cc1ccc(SCCC(=O)N(Cc2ccc(Cl)c(Cl)c2)C(Cc2ccccc2)C(=O)NC(C)(C)C)cc1. The van der Waals surface area contributed by atoms with Gasteiger partial charge in [-0.05, 0) is 63.1 Å². The van der Waals surface area contributed by atoms with E-state index in [4.69, 9.17) is 23.2 Å². The van der Waals surface area contributed by atoms with Gasteiger partial charge in [0.1, 0.15) is 6.04 Å². The zero-order valence-corrected chi connectivity index (χ0v) is 24.1. The Labute approximate surface area is 234 Å². The molecule has 0 aliphatic rings. The molecule has 3 aromatic carbocycles. The molecule has 3 rings (SSSR count). The number of carbonyl (C=O) groups excluding carboxylic acids is 2. The van der Waals surface area contributed by atoms with Gasteiger partial charge in [-0.25, -0.2) is 0 Å². The van der Waals surface area contributed by atoms with Crippen LogP contribution in [0.5, 0.6) is 0 Å². The molecule has 0 saturated carbocycles. The molecule has 0 aromatic heterocycles. The fourth-order valence-electron chi connectivity index (χ4n) is 3.88. The molecule has 0 radical (unpaired) electrons. The smallest absolute Gasteiger partial charge is 0.243 e. The van der Waals surface area contributed by atoms with Crippen LogP contribution < -0.4 is 5.32 Å². The number of amides is 2. The topological polar surface area (TPSA) is 49.4 Å². The van der Waals surface area contributed by atoms with Crippen molar-refractivity contribution in [3.05, 3.63) is 99.5 Å². The van der Waals surface area contributed by atoms with Gasteiger partial charge in [0.15, 0.2) is 0 Å². The predicted octanol–water partition coefficient (Wildman–Crippen LogP) is 7.34. The van der Waals surface area contributed by atoms with E-state index in [-0.39, 0.29) is 18.4 Å². The Kier molecular flexibility index (Phi) is 10.5. The Morgan fingerprint density at radius 1 is 0.919 bits per heavy atom. The van der Waals surface area contributed by atoms with Crippen molar-refractivity contribution in [3.8, 4) is 0 Å². The molecular formula is C30H34Cl2N2O2S. The average molecular weight is 558 g/mol. The highest BCUT2D eigenvalue weighted by Crippen LogP contribution is 2.25. The van der Waals surface area contributed by atoms with Crippen LogP contribution in [0.3, 0.4) is 0 Å². The Hall–Kier alpha value is -2.47. The van der Waals surface area contributed by atoms with Gasteiger partial charge in [-0.2, -0.15) is 0 Å². The van der Waals surface area contributed by atoms with E-state index >= 15 is 0 Å². The van der Waals surface area contributed by atoms with Crippen molar-refractivity contribution >= 4 is 46.8 Å². The second kappa shape index (κ2) is 13.4. The average Bonchev–Trinajstić information content (AvgIpc) is 2.84. The van der Waals surface area contributed by atoms with Crippen molar-refractivity contribution in [2.45, 2.75) is 63.6 Å². The minimum Gasteiger partial charge on any atom is -0.350 e. The third kappa shape index (κ3) is 9.41. The lowest BCUT2D eigenvalue weighted by atomic mass is 10.0. The van der Waals surface area contributed by atoms with Crippen molar-refractivity contribution in [2.24, 2.45) is 0 Å². The van der Waals surface area contributed by atoms with Gasteiger partial charge in [-0.1, -0.05) is 77.3 Å². The van der Waals surface area contributed by atoms with E-state index in [0.29, 0.717) is 28.6 Å². The van der Waals surface area contributed by atoms with E-state index in [2.05, 4.69) is 29.6 Å². The van der Waals surface area contributed by atoms with E-state index in [1.54, 1.807) is 28.8 Å². The van der Waals surface area contributed by atoms with Crippen LogP contribution in [0.15, 0.2) is 77.7 Å². The number of halogens is 2. The molecule has 37 heavy (non-hydrogen) atoms. The number of thioether (sulfide) groups is 1. The molecule has 4 nitrogen and oxygen atoms in total. The highest BCUT2D eigenvalue weighted by molar-refractivity contribution is 7.99. The van der Waals surface area contributed by atoms with Crippen molar-refractivity contribution < 1.29 is 9.59 Å². The lowest BCUT2D eigenvalue weighted by molar-refractivity contribution is -0.141. The van der Waals surface area contributed by atoms with Gasteiger partial charge in [0.2, 0.25) is 11.8 Å². The van der Waals surface area contributed by atoms with Crippen molar-refractivity contribution in [2.75, 3.05) is 5.75 Å². The third-order valence-corrected chi connectivity index (χ3v) is 7.46. The fraction of sp³-hybridized carbons (Fsp3) is 0.333. The molecule has 3 aromatic rings. The van der Waals surface area contributed by atoms with E-state index in [0.717, 1.165) is 16.0 Å². The summed E-state index contributed by atoms with van der Waals surface area (Å²) in [7, 11) is 0. The molecule has 0 fully saturated rings. The minimum atomic E-state index is -0.687. The number of aryl methyl sites for hydroxylation is 1. The first-order chi connectivity index (χ1) is 17.5. The normalized spacial score (nSPS) is 12.2. The second-order valence-corrected chi connectivity index (χ2v) is 12.1. The van der Waals surface area contributed by atoms with Gasteiger partial charge in [-0.15, -0.1) is 11.8 Å². The summed E-state index contributed by atoms with van der Waals surface area (Å²) < 4.78 is 0. The number of carbonyl (C=O) groups is 2. The van der Waals surface area contributed by atoms with Crippen LogP contribution >= 0.6 is 35.0 Å². The largest absolute Gasteiger partial charge is 0.350 e. The van der Waals surface area contributed by atoms with Crippen LogP contribution in [0.2, 0.25) is 10.0 Å². The van der Waals surface area contributed by atoms with E-state index in [1.807, 2.05) is 64.1 Å². The van der Waals surface area contributed by atoms with Crippen molar-refractivity contribution in [3.63, 3.8) is 0 Å². The molecule has 0 heterocycles. The molecule has 1 N–H and O–H groups in total. The van der Waals surface area contributed by atoms with Crippen LogP contribution in [0.25, 0.3) is 0 Å². The van der Waals surface area contributed by atoms with Crippen LogP contribution in [-0.2, 0) is 22.6 Å². The summed E-state index contributed by atoms with van der Waals surface area (Å²) in [4.78, 5) is 30.1. The molecule has 0 bridgehead atoms. The monoisotopic (exact) mass is 556 g/mol. The summed E-state index contributed by atoms with van der Waals surface area (Å²) in [5.74, 6) is 0.338. The third-order valence-electron chi connectivity index (χ3n) is 5.71. The Balaban J connectivity index is 1.88. The lowest BCUT2D eigenvalue weighted by Gasteiger charge is -2.34. The maximum Gasteiger partial charge on any atom is 0.243 e. The number of hydrogen-bond donors (Lipinski definition) is 1. The number of rotatable bonds is 10. The molecule has 1 unspecified atom stereocenters. The number of benzene rings is 3. The van der Waals surface area contributed by atoms with Gasteiger partial charge >= 0.3 is 0 Å². The first kappa shape index (κ1) is 29.1. The summed E-state index contributed by atoms with van der Waals surface area (Å²) in [6, 6.07) is 22.7. The number of nitrogens with zero attached hydrogens (tertiary/aromatic N) is 1. The molecule has 0 aliphatic carbocycles. The van der Waals surface area contributed by atoms with Crippen LogP contribution in [0.1, 0.15) is 43.9 Å². The second-order valence-electron chi connectivity index (χ2n) is 10.1. The highest BCUT2D eigenvalue weighted by Gasteiger charge is 2.32. The zero-order valence-electron chi connectivity index (χ0n) is 21.8. The maximum absolute atomic E-state index is 13.7. The molecular weight excluding hydrogens is 523 g/mol. The Bertz CT molecular complexity index is 1190. The van der Waals surface area contributed by atoms with E-state index in [1.165, 1.54) is 5.56 Å². The molecule has 0 aliphatic heterocycles. The first-order valence-corrected chi connectivity index (χ1v) is 14.0. The van der Waals surface area contributed by atoms with E-state index < -0.39 is 11.6 Å². The Morgan fingerprint density at radius 3 is 2.22 bits per heavy atom. The minimum absolute atomic E-state index is 0.0873. The van der Waals surface area contributed by atoms with Crippen LogP contribution in [0, 0.1) is 6.92 Å². The molecule has 1 atom stereocenters. The predicted molar refractivity (Wildman–Crippen MR) is 155 cm³/mol. The molecule has 0 spiro atoms. The summed E-state index contributed by atoms with van der Waals surface area (Å²) in [5, 5.41) is 3.95. The number of hydrogen-bond acceptors (Lipinski definition) is 3. The van der Waals surface area contributed by atoms with Crippen LogP contribution in [-0.4, -0.2) is 34.0 Å². The molecule has 196 valence electrons. The van der Waals surface area contributed by atoms with Gasteiger partial charge in [0.05, 0.1) is 10.0 Å². The molecule has 0 saturated heterocycles. The standard InChI is InChI=1S/C30H34Cl2N2O2S/c1-21-10-13-24(14-11-21)37-17-16-28(35)34(20-23-12-15-25(31)26(32)18-23)27(29(36)33-30(2,3)4)19-22-8-6-5-7-9-22/h5-15,18,27H,16-17,19-20H2,1-4H3,(H,33,36). The number of nitrogens with one attached hydrogen (secondary N) is 1. The quantitative estimate of drug-likeness (QED) is 0.266. The Morgan fingerprint density at radius 2 is 1.59 bits per heavy atom. The van der Waals surface area contributed by atoms with Gasteiger partial charge < -0.3 is 10.2 Å².